The van der Waals surface area contributed by atoms with Crippen molar-refractivity contribution in [2.45, 2.75) is 18.5 Å². The zero-order chi connectivity index (χ0) is 19.8. The van der Waals surface area contributed by atoms with Crippen molar-refractivity contribution in [3.63, 3.8) is 0 Å². The molecule has 2 atom stereocenters. The van der Waals surface area contributed by atoms with E-state index >= 15 is 0 Å². The van der Waals surface area contributed by atoms with E-state index in [-0.39, 0.29) is 6.03 Å². The molecule has 2 bridgehead atoms. The zero-order valence-corrected chi connectivity index (χ0v) is 16.5. The van der Waals surface area contributed by atoms with Crippen molar-refractivity contribution in [2.75, 3.05) is 38.2 Å². The Balaban J connectivity index is 1.27. The molecule has 0 aliphatic carbocycles. The molecule has 3 aromatic rings. The van der Waals surface area contributed by atoms with E-state index < -0.39 is 0 Å². The van der Waals surface area contributed by atoms with Crippen LogP contribution >= 0.6 is 0 Å². The van der Waals surface area contributed by atoms with E-state index in [4.69, 9.17) is 4.74 Å². The molecule has 150 valence electrons. The molecule has 3 heterocycles. The fraction of sp³-hybridized carbons (Fsp3) is 0.364. The fourth-order valence-electron chi connectivity index (χ4n) is 4.51. The number of anilines is 1. The number of ether oxygens (including phenoxy) is 1. The van der Waals surface area contributed by atoms with Crippen LogP contribution in [0.25, 0.3) is 11.0 Å². The van der Waals surface area contributed by atoms with Gasteiger partial charge < -0.3 is 15.0 Å². The van der Waals surface area contributed by atoms with Gasteiger partial charge in [-0.05, 0) is 37.7 Å². The van der Waals surface area contributed by atoms with Crippen LogP contribution in [0.4, 0.5) is 10.5 Å². The monoisotopic (exact) mass is 391 g/mol. The van der Waals surface area contributed by atoms with Crippen LogP contribution in [0.5, 0.6) is 5.75 Å². The van der Waals surface area contributed by atoms with Crippen molar-refractivity contribution in [3.8, 4) is 5.75 Å². The molecule has 2 fully saturated rings. The van der Waals surface area contributed by atoms with Crippen molar-refractivity contribution < 1.29 is 9.53 Å². The van der Waals surface area contributed by atoms with Crippen molar-refractivity contribution in [3.05, 3.63) is 54.9 Å². The molecule has 7 nitrogen and oxygen atoms in total. The Morgan fingerprint density at radius 3 is 2.76 bits per heavy atom. The summed E-state index contributed by atoms with van der Waals surface area (Å²) in [6.07, 6.45) is 2.82. The van der Waals surface area contributed by atoms with Crippen molar-refractivity contribution in [1.29, 1.82) is 0 Å². The van der Waals surface area contributed by atoms with Gasteiger partial charge in [-0.3, -0.25) is 9.47 Å². The summed E-state index contributed by atoms with van der Waals surface area (Å²) >= 11 is 0. The van der Waals surface area contributed by atoms with Gasteiger partial charge in [-0.2, -0.15) is 0 Å². The number of likely N-dealkylation sites (N-methyl/N-ethyl adjacent to an activating group) is 1. The average molecular weight is 391 g/mol. The highest BCUT2D eigenvalue weighted by molar-refractivity contribution is 5.95. The summed E-state index contributed by atoms with van der Waals surface area (Å²) in [5.74, 6) is 0.796. The molecule has 2 aromatic carbocycles. The van der Waals surface area contributed by atoms with E-state index in [0.29, 0.717) is 25.2 Å². The first-order valence-corrected chi connectivity index (χ1v) is 10.1. The molecule has 5 rings (SSSR count). The largest absolute Gasteiger partial charge is 0.492 e. The third kappa shape index (κ3) is 3.31. The molecule has 7 heteroatoms. The molecule has 29 heavy (non-hydrogen) atoms. The molecule has 2 aliphatic heterocycles. The van der Waals surface area contributed by atoms with Gasteiger partial charge in [0.05, 0.1) is 17.7 Å². The number of hydrogen-bond acceptors (Lipinski definition) is 5. The SMILES string of the molecule is CN1CC2CC1CN2c1cccc2c1ncn2C(=O)NCCOc1ccccc1. The molecule has 0 radical (unpaired) electrons. The predicted molar refractivity (Wildman–Crippen MR) is 113 cm³/mol. The Morgan fingerprint density at radius 1 is 1.14 bits per heavy atom. The summed E-state index contributed by atoms with van der Waals surface area (Å²) in [5.41, 5.74) is 2.85. The molecule has 0 spiro atoms. The second-order valence-corrected chi connectivity index (χ2v) is 7.79. The highest BCUT2D eigenvalue weighted by Gasteiger charge is 2.42. The van der Waals surface area contributed by atoms with Crippen LogP contribution in [0.15, 0.2) is 54.9 Å². The molecular weight excluding hydrogens is 366 g/mol. The molecule has 0 saturated carbocycles. The number of para-hydroxylation sites is 2. The molecule has 1 amide bonds. The van der Waals surface area contributed by atoms with Gasteiger partial charge in [0.2, 0.25) is 0 Å². The van der Waals surface area contributed by atoms with Crippen LogP contribution < -0.4 is 15.0 Å². The third-order valence-electron chi connectivity index (χ3n) is 5.99. The molecule has 2 saturated heterocycles. The minimum absolute atomic E-state index is 0.191. The van der Waals surface area contributed by atoms with Gasteiger partial charge >= 0.3 is 6.03 Å². The molecule has 2 aliphatic rings. The van der Waals surface area contributed by atoms with E-state index in [1.807, 2.05) is 42.5 Å². The first-order valence-electron chi connectivity index (χ1n) is 10.1. The Hall–Kier alpha value is -3.06. The van der Waals surface area contributed by atoms with Gasteiger partial charge in [-0.25, -0.2) is 9.78 Å². The van der Waals surface area contributed by atoms with Gasteiger partial charge in [-0.1, -0.05) is 24.3 Å². The van der Waals surface area contributed by atoms with Crippen LogP contribution in [0.2, 0.25) is 0 Å². The van der Waals surface area contributed by atoms with E-state index in [0.717, 1.165) is 35.6 Å². The number of likely N-dealkylation sites (tertiary alicyclic amines) is 1. The lowest BCUT2D eigenvalue weighted by atomic mass is 10.2. The maximum Gasteiger partial charge on any atom is 0.327 e. The summed E-state index contributed by atoms with van der Waals surface area (Å²) in [4.78, 5) is 22.1. The number of carbonyl (C=O) groups excluding carboxylic acids is 1. The average Bonchev–Trinajstić information content (AvgIpc) is 3.45. The second-order valence-electron chi connectivity index (χ2n) is 7.79. The summed E-state index contributed by atoms with van der Waals surface area (Å²) < 4.78 is 7.22. The summed E-state index contributed by atoms with van der Waals surface area (Å²) in [7, 11) is 2.20. The topological polar surface area (TPSA) is 62.6 Å². The lowest BCUT2D eigenvalue weighted by Crippen LogP contribution is -2.44. The molecule has 1 aromatic heterocycles. The number of fused-ring (bicyclic) bond motifs is 3. The van der Waals surface area contributed by atoms with Crippen LogP contribution in [0.3, 0.4) is 0 Å². The van der Waals surface area contributed by atoms with E-state index in [1.54, 1.807) is 10.9 Å². The first kappa shape index (κ1) is 18.0. The van der Waals surface area contributed by atoms with Gasteiger partial charge in [-0.15, -0.1) is 0 Å². The van der Waals surface area contributed by atoms with Crippen molar-refractivity contribution in [2.24, 2.45) is 0 Å². The van der Waals surface area contributed by atoms with Crippen LogP contribution in [0, 0.1) is 0 Å². The van der Waals surface area contributed by atoms with E-state index in [9.17, 15) is 4.79 Å². The van der Waals surface area contributed by atoms with Crippen LogP contribution in [-0.4, -0.2) is 65.9 Å². The van der Waals surface area contributed by atoms with Crippen molar-refractivity contribution in [1.82, 2.24) is 19.8 Å². The van der Waals surface area contributed by atoms with Crippen LogP contribution in [0.1, 0.15) is 6.42 Å². The first-order chi connectivity index (χ1) is 14.2. The number of hydrogen-bond donors (Lipinski definition) is 1. The van der Waals surface area contributed by atoms with Gasteiger partial charge in [0.1, 0.15) is 24.2 Å². The molecule has 2 unspecified atom stereocenters. The highest BCUT2D eigenvalue weighted by atomic mass is 16.5. The lowest BCUT2D eigenvalue weighted by Gasteiger charge is -2.33. The van der Waals surface area contributed by atoms with Crippen molar-refractivity contribution >= 4 is 22.8 Å². The Kier molecular flexibility index (Phi) is 4.60. The van der Waals surface area contributed by atoms with Gasteiger partial charge in [0.25, 0.3) is 0 Å². The van der Waals surface area contributed by atoms with E-state index in [1.165, 1.54) is 6.42 Å². The fourth-order valence-corrected chi connectivity index (χ4v) is 4.51. The molecular formula is C22H25N5O2. The number of benzene rings is 2. The predicted octanol–water partition coefficient (Wildman–Crippen LogP) is 2.57. The Morgan fingerprint density at radius 2 is 2.00 bits per heavy atom. The van der Waals surface area contributed by atoms with Gasteiger partial charge in [0, 0.05) is 25.2 Å². The number of aromatic nitrogens is 2. The normalized spacial score (nSPS) is 21.1. The Bertz CT molecular complexity index is 1020. The number of rotatable bonds is 5. The number of nitrogens with zero attached hydrogens (tertiary/aromatic N) is 4. The zero-order valence-electron chi connectivity index (χ0n) is 16.5. The quantitative estimate of drug-likeness (QED) is 0.678. The maximum atomic E-state index is 12.7. The Labute approximate surface area is 169 Å². The lowest BCUT2D eigenvalue weighted by molar-refractivity contribution is 0.238. The summed E-state index contributed by atoms with van der Waals surface area (Å²) in [5, 5.41) is 2.91. The molecule has 1 N–H and O–H groups in total. The number of nitrogens with one attached hydrogen (secondary N) is 1. The number of carbonyl (C=O) groups is 1. The summed E-state index contributed by atoms with van der Waals surface area (Å²) in [6.45, 7) is 2.95. The number of piperazine rings is 1. The number of amides is 1. The minimum Gasteiger partial charge on any atom is -0.492 e. The highest BCUT2D eigenvalue weighted by Crippen LogP contribution is 2.36. The summed E-state index contributed by atoms with van der Waals surface area (Å²) in [6, 6.07) is 16.6. The number of imidazole rings is 1. The smallest absolute Gasteiger partial charge is 0.327 e. The standard InChI is InChI=1S/C22H25N5O2/c1-25-13-17-12-16(25)14-26(17)19-8-5-9-20-21(19)24-15-27(20)22(28)23-10-11-29-18-6-3-2-4-7-18/h2-9,15-17H,10-14H2,1H3,(H,23,28). The maximum absolute atomic E-state index is 12.7. The minimum atomic E-state index is -0.191. The second kappa shape index (κ2) is 7.40. The van der Waals surface area contributed by atoms with Gasteiger partial charge in [0.15, 0.2) is 0 Å². The van der Waals surface area contributed by atoms with Crippen LogP contribution in [-0.2, 0) is 0 Å². The third-order valence-corrected chi connectivity index (χ3v) is 5.99. The van der Waals surface area contributed by atoms with E-state index in [2.05, 4.69) is 33.2 Å².